The summed E-state index contributed by atoms with van der Waals surface area (Å²) >= 11 is 3.55. The van der Waals surface area contributed by atoms with Crippen LogP contribution in [0.3, 0.4) is 0 Å². The number of benzene rings is 2. The molecule has 6 nitrogen and oxygen atoms in total. The average molecular weight is 532 g/mol. The van der Waals surface area contributed by atoms with Crippen molar-refractivity contribution in [2.75, 3.05) is 7.11 Å². The first kappa shape index (κ1) is 19.5. The van der Waals surface area contributed by atoms with Crippen molar-refractivity contribution in [2.24, 2.45) is 10.9 Å². The van der Waals surface area contributed by atoms with E-state index >= 15 is 0 Å². The quantitative estimate of drug-likeness (QED) is 0.376. The zero-order valence-electron chi connectivity index (χ0n) is 16.2. The number of hydrogen-bond acceptors (Lipinski definition) is 6. The lowest BCUT2D eigenvalue weighted by Gasteiger charge is -2.44. The summed E-state index contributed by atoms with van der Waals surface area (Å²) in [6, 6.07) is 14.8. The summed E-state index contributed by atoms with van der Waals surface area (Å²) in [6.45, 7) is 1.77. The Morgan fingerprint density at radius 3 is 2.87 bits per heavy atom. The fourth-order valence-corrected chi connectivity index (χ4v) is 5.85. The normalized spacial score (nSPS) is 24.3. The number of fused-ring (bicyclic) bond motifs is 6. The van der Waals surface area contributed by atoms with E-state index < -0.39 is 23.7 Å². The van der Waals surface area contributed by atoms with Gasteiger partial charge in [-0.3, -0.25) is 14.2 Å². The molecule has 2 bridgehead atoms. The number of nitrogens with zero attached hydrogens (tertiary/aromatic N) is 2. The number of ether oxygens (including phenoxy) is 2. The van der Waals surface area contributed by atoms with E-state index in [0.717, 1.165) is 14.7 Å². The molecule has 0 saturated carbocycles. The third-order valence-electron chi connectivity index (χ3n) is 5.48. The van der Waals surface area contributed by atoms with Gasteiger partial charge < -0.3 is 9.47 Å². The van der Waals surface area contributed by atoms with Gasteiger partial charge in [0.05, 0.1) is 17.7 Å². The molecule has 1 aromatic heterocycles. The van der Waals surface area contributed by atoms with Gasteiger partial charge in [0.2, 0.25) is 5.72 Å². The molecular weight excluding hydrogens is 515 g/mol. The molecule has 0 fully saturated rings. The molecule has 0 radical (unpaired) electrons. The van der Waals surface area contributed by atoms with Crippen LogP contribution in [-0.2, 0) is 9.53 Å². The number of rotatable bonds is 2. The van der Waals surface area contributed by atoms with Crippen LogP contribution in [0.25, 0.3) is 6.08 Å². The minimum Gasteiger partial charge on any atom is -0.469 e. The molecule has 2 aliphatic rings. The van der Waals surface area contributed by atoms with Gasteiger partial charge in [-0.15, -0.1) is 0 Å². The zero-order valence-corrected chi connectivity index (χ0v) is 19.1. The molecule has 0 N–H and O–H groups in total. The first-order valence-electron chi connectivity index (χ1n) is 9.35. The van der Waals surface area contributed by atoms with Crippen LogP contribution in [0.5, 0.6) is 5.75 Å². The Hall–Kier alpha value is -2.46. The fraction of sp³-hybridized carbons (Fsp3) is 0.227. The molecular formula is C22H17IN2O4S. The summed E-state index contributed by atoms with van der Waals surface area (Å²) in [5.41, 5.74) is 0.397. The van der Waals surface area contributed by atoms with Crippen molar-refractivity contribution < 1.29 is 14.3 Å². The van der Waals surface area contributed by atoms with Crippen molar-refractivity contribution in [1.82, 2.24) is 4.57 Å². The van der Waals surface area contributed by atoms with Gasteiger partial charge in [0, 0.05) is 9.13 Å². The standard InChI is InChI=1S/C22H17IN2O4S/c1-22-17(20(27)28-2)18(14-8-3-4-9-15(14)29-22)25-19(26)16(30-21(25)24-22)11-12-6-5-7-13(23)10-12/h3-11,17-18H,1-2H3/b16-11+/t17-,18+,22-/m0/s1. The van der Waals surface area contributed by atoms with Gasteiger partial charge >= 0.3 is 5.97 Å². The number of methoxy groups -OCH3 is 1. The number of hydrogen-bond donors (Lipinski definition) is 0. The van der Waals surface area contributed by atoms with Crippen LogP contribution in [-0.4, -0.2) is 23.4 Å². The number of halogens is 1. The molecule has 5 rings (SSSR count). The molecule has 3 aromatic rings. The molecule has 0 spiro atoms. The van der Waals surface area contributed by atoms with Crippen molar-refractivity contribution in [3.05, 3.63) is 82.9 Å². The monoisotopic (exact) mass is 532 g/mol. The lowest BCUT2D eigenvalue weighted by molar-refractivity contribution is -0.158. The number of carbonyl (C=O) groups is 1. The third-order valence-corrected chi connectivity index (χ3v) is 7.14. The van der Waals surface area contributed by atoms with Crippen LogP contribution >= 0.6 is 33.9 Å². The highest BCUT2D eigenvalue weighted by Gasteiger charge is 2.55. The van der Waals surface area contributed by atoms with Gasteiger partial charge in [0.1, 0.15) is 11.7 Å². The van der Waals surface area contributed by atoms with E-state index in [4.69, 9.17) is 14.5 Å². The zero-order chi connectivity index (χ0) is 21.0. The van der Waals surface area contributed by atoms with Crippen LogP contribution in [0.4, 0.5) is 0 Å². The average Bonchev–Trinajstić information content (AvgIpc) is 3.00. The predicted octanol–water partition coefficient (Wildman–Crippen LogP) is 2.46. The number of aromatic nitrogens is 1. The molecule has 0 unspecified atom stereocenters. The van der Waals surface area contributed by atoms with E-state index in [2.05, 4.69) is 22.6 Å². The predicted molar refractivity (Wildman–Crippen MR) is 121 cm³/mol. The smallest absolute Gasteiger partial charge is 0.317 e. The van der Waals surface area contributed by atoms with Crippen molar-refractivity contribution >= 4 is 46.0 Å². The molecule has 0 aliphatic carbocycles. The topological polar surface area (TPSA) is 69.9 Å². The second kappa shape index (κ2) is 7.05. The Morgan fingerprint density at radius 2 is 2.10 bits per heavy atom. The van der Waals surface area contributed by atoms with Crippen LogP contribution in [0.15, 0.2) is 58.3 Å². The Morgan fingerprint density at radius 1 is 1.30 bits per heavy atom. The lowest BCUT2D eigenvalue weighted by atomic mass is 9.81. The largest absolute Gasteiger partial charge is 0.469 e. The third kappa shape index (κ3) is 2.92. The van der Waals surface area contributed by atoms with E-state index in [0.29, 0.717) is 15.1 Å². The Balaban J connectivity index is 1.80. The Bertz CT molecular complexity index is 1360. The Labute approximate surface area is 189 Å². The van der Waals surface area contributed by atoms with Crippen LogP contribution < -0.4 is 19.6 Å². The van der Waals surface area contributed by atoms with Gasteiger partial charge in [0.25, 0.3) is 5.56 Å². The number of esters is 1. The van der Waals surface area contributed by atoms with Gasteiger partial charge in [0.15, 0.2) is 4.80 Å². The molecule has 152 valence electrons. The number of carbonyl (C=O) groups excluding carboxylic acids is 1. The number of thiazole rings is 1. The second-order valence-corrected chi connectivity index (χ2v) is 9.63. The highest BCUT2D eigenvalue weighted by Crippen LogP contribution is 2.47. The maximum absolute atomic E-state index is 13.5. The molecule has 8 heteroatoms. The van der Waals surface area contributed by atoms with Crippen LogP contribution in [0, 0.1) is 9.49 Å². The van der Waals surface area contributed by atoms with E-state index in [1.54, 1.807) is 11.5 Å². The Kier molecular flexibility index (Phi) is 4.59. The molecule has 3 atom stereocenters. The fourth-order valence-electron chi connectivity index (χ4n) is 4.18. The summed E-state index contributed by atoms with van der Waals surface area (Å²) in [7, 11) is 1.34. The maximum Gasteiger partial charge on any atom is 0.317 e. The van der Waals surface area contributed by atoms with Crippen molar-refractivity contribution in [3.63, 3.8) is 0 Å². The first-order valence-corrected chi connectivity index (χ1v) is 11.2. The number of para-hydroxylation sites is 1. The van der Waals surface area contributed by atoms with Gasteiger partial charge in [-0.25, -0.2) is 4.99 Å². The van der Waals surface area contributed by atoms with Crippen molar-refractivity contribution in [1.29, 1.82) is 0 Å². The minimum atomic E-state index is -1.15. The summed E-state index contributed by atoms with van der Waals surface area (Å²) in [5.74, 6) is -0.587. The first-order chi connectivity index (χ1) is 14.4. The molecule has 2 aromatic carbocycles. The molecule has 30 heavy (non-hydrogen) atoms. The molecule has 2 aliphatic heterocycles. The summed E-state index contributed by atoms with van der Waals surface area (Å²) < 4.78 is 14.5. The minimum absolute atomic E-state index is 0.171. The molecule has 3 heterocycles. The van der Waals surface area contributed by atoms with Crippen LogP contribution in [0.1, 0.15) is 24.1 Å². The summed E-state index contributed by atoms with van der Waals surface area (Å²) in [6.07, 6.45) is 1.86. The van der Waals surface area contributed by atoms with Gasteiger partial charge in [-0.05, 0) is 59.4 Å². The SMILES string of the molecule is COC(=O)[C@@H]1[C@H]2c3ccccc3O[C@]1(C)N=c1s/c(=C/c3cccc(I)c3)c(=O)n12. The molecule has 0 saturated heterocycles. The van der Waals surface area contributed by atoms with E-state index in [-0.39, 0.29) is 5.56 Å². The second-order valence-electron chi connectivity index (χ2n) is 7.38. The highest BCUT2D eigenvalue weighted by molar-refractivity contribution is 14.1. The van der Waals surface area contributed by atoms with Crippen molar-refractivity contribution in [3.8, 4) is 5.75 Å². The van der Waals surface area contributed by atoms with Crippen LogP contribution in [0.2, 0.25) is 0 Å². The summed E-state index contributed by atoms with van der Waals surface area (Å²) in [5, 5.41) is 0. The highest BCUT2D eigenvalue weighted by atomic mass is 127. The maximum atomic E-state index is 13.5. The van der Waals surface area contributed by atoms with E-state index in [9.17, 15) is 9.59 Å². The van der Waals surface area contributed by atoms with E-state index in [1.165, 1.54) is 18.4 Å². The molecule has 0 amide bonds. The van der Waals surface area contributed by atoms with Gasteiger partial charge in [-0.2, -0.15) is 0 Å². The van der Waals surface area contributed by atoms with Crippen molar-refractivity contribution in [2.45, 2.75) is 18.7 Å². The lowest BCUT2D eigenvalue weighted by Crippen LogP contribution is -2.58. The van der Waals surface area contributed by atoms with Gasteiger partial charge in [-0.1, -0.05) is 41.7 Å². The van der Waals surface area contributed by atoms with E-state index in [1.807, 2.05) is 54.6 Å². The summed E-state index contributed by atoms with van der Waals surface area (Å²) in [4.78, 5) is 31.5.